The van der Waals surface area contributed by atoms with Crippen LogP contribution in [-0.4, -0.2) is 23.3 Å². The number of nitrogens with zero attached hydrogens (tertiary/aromatic N) is 1. The maximum absolute atomic E-state index is 11.4. The van der Waals surface area contributed by atoms with Crippen LogP contribution in [0, 0.1) is 12.8 Å². The summed E-state index contributed by atoms with van der Waals surface area (Å²) in [5, 5.41) is 7.23. The number of hydrogen-bond acceptors (Lipinski definition) is 4. The third-order valence-corrected chi connectivity index (χ3v) is 2.59. The van der Waals surface area contributed by atoms with Crippen LogP contribution in [0.25, 0.3) is 0 Å². The minimum Gasteiger partial charge on any atom is -0.348 e. The molecule has 0 radical (unpaired) electrons. The first-order chi connectivity index (χ1) is 7.49. The molecule has 88 valence electrons. The fourth-order valence-electron chi connectivity index (χ4n) is 0.942. The van der Waals surface area contributed by atoms with E-state index in [1.54, 1.807) is 0 Å². The van der Waals surface area contributed by atoms with Gasteiger partial charge in [-0.25, -0.2) is 4.98 Å². The second-order valence-corrected chi connectivity index (χ2v) is 4.71. The van der Waals surface area contributed by atoms with E-state index in [2.05, 4.69) is 15.6 Å². The van der Waals surface area contributed by atoms with Gasteiger partial charge in [-0.05, 0) is 12.8 Å². The first-order valence-corrected chi connectivity index (χ1v) is 5.88. The minimum absolute atomic E-state index is 0.318. The van der Waals surface area contributed by atoms with Crippen molar-refractivity contribution in [3.63, 3.8) is 0 Å². The number of carbonyl (C=O) groups excluding carboxylic acids is 2. The second-order valence-electron chi connectivity index (χ2n) is 3.85. The van der Waals surface area contributed by atoms with Crippen LogP contribution >= 0.6 is 11.3 Å². The SMILES string of the molecule is Cc1csc(NC(=O)C(=O)NCC(C)C)n1. The van der Waals surface area contributed by atoms with E-state index < -0.39 is 11.8 Å². The van der Waals surface area contributed by atoms with Crippen molar-refractivity contribution in [2.45, 2.75) is 20.8 Å². The van der Waals surface area contributed by atoms with Crippen molar-refractivity contribution < 1.29 is 9.59 Å². The van der Waals surface area contributed by atoms with Crippen LogP contribution in [0.1, 0.15) is 19.5 Å². The number of nitrogens with one attached hydrogen (secondary N) is 2. The maximum atomic E-state index is 11.4. The molecule has 0 saturated carbocycles. The van der Waals surface area contributed by atoms with Gasteiger partial charge in [-0.15, -0.1) is 11.3 Å². The summed E-state index contributed by atoms with van der Waals surface area (Å²) in [5.41, 5.74) is 0.822. The van der Waals surface area contributed by atoms with Gasteiger partial charge in [0, 0.05) is 11.9 Å². The summed E-state index contributed by atoms with van der Waals surface area (Å²) < 4.78 is 0. The topological polar surface area (TPSA) is 71.1 Å². The van der Waals surface area contributed by atoms with Crippen LogP contribution < -0.4 is 10.6 Å². The molecule has 1 rings (SSSR count). The van der Waals surface area contributed by atoms with Crippen LogP contribution in [0.4, 0.5) is 5.13 Å². The summed E-state index contributed by atoms with van der Waals surface area (Å²) >= 11 is 1.30. The summed E-state index contributed by atoms with van der Waals surface area (Å²) in [7, 11) is 0. The summed E-state index contributed by atoms with van der Waals surface area (Å²) in [6, 6.07) is 0. The summed E-state index contributed by atoms with van der Waals surface area (Å²) in [6.07, 6.45) is 0. The molecule has 0 atom stereocenters. The highest BCUT2D eigenvalue weighted by molar-refractivity contribution is 7.14. The molecule has 0 aliphatic carbocycles. The highest BCUT2D eigenvalue weighted by Gasteiger charge is 2.14. The van der Waals surface area contributed by atoms with Crippen LogP contribution in [-0.2, 0) is 9.59 Å². The third-order valence-electron chi connectivity index (χ3n) is 1.72. The van der Waals surface area contributed by atoms with E-state index in [9.17, 15) is 9.59 Å². The van der Waals surface area contributed by atoms with Gasteiger partial charge in [0.05, 0.1) is 5.69 Å². The van der Waals surface area contributed by atoms with Crippen molar-refractivity contribution in [2.75, 3.05) is 11.9 Å². The van der Waals surface area contributed by atoms with Crippen LogP contribution in [0.5, 0.6) is 0 Å². The second kappa shape index (κ2) is 5.60. The molecule has 0 fully saturated rings. The number of hydrogen-bond donors (Lipinski definition) is 2. The lowest BCUT2D eigenvalue weighted by Gasteiger charge is -2.06. The Morgan fingerprint density at radius 1 is 1.44 bits per heavy atom. The number of rotatable bonds is 3. The van der Waals surface area contributed by atoms with Gasteiger partial charge < -0.3 is 5.32 Å². The summed E-state index contributed by atoms with van der Waals surface area (Å²) in [5.74, 6) is -0.976. The standard InChI is InChI=1S/C10H15N3O2S/c1-6(2)4-11-8(14)9(15)13-10-12-7(3)5-16-10/h5-6H,4H2,1-3H3,(H,11,14)(H,12,13,15). The summed E-state index contributed by atoms with van der Waals surface area (Å²) in [6.45, 7) is 6.24. The molecule has 0 aliphatic rings. The Morgan fingerprint density at radius 2 is 2.12 bits per heavy atom. The number of anilines is 1. The van der Waals surface area contributed by atoms with Crippen molar-refractivity contribution >= 4 is 28.3 Å². The van der Waals surface area contributed by atoms with Crippen molar-refractivity contribution in [2.24, 2.45) is 5.92 Å². The van der Waals surface area contributed by atoms with Crippen LogP contribution in [0.3, 0.4) is 0 Å². The van der Waals surface area contributed by atoms with Gasteiger partial charge in [-0.3, -0.25) is 14.9 Å². The Kier molecular flexibility index (Phi) is 4.42. The first kappa shape index (κ1) is 12.6. The van der Waals surface area contributed by atoms with Crippen LogP contribution in [0.15, 0.2) is 5.38 Å². The molecular weight excluding hydrogens is 226 g/mol. The van der Waals surface area contributed by atoms with Crippen LogP contribution in [0.2, 0.25) is 0 Å². The lowest BCUT2D eigenvalue weighted by atomic mass is 10.2. The Bertz CT molecular complexity index is 387. The van der Waals surface area contributed by atoms with E-state index in [1.807, 2.05) is 26.2 Å². The lowest BCUT2D eigenvalue weighted by molar-refractivity contribution is -0.136. The van der Waals surface area contributed by atoms with Crippen molar-refractivity contribution in [3.05, 3.63) is 11.1 Å². The zero-order valence-electron chi connectivity index (χ0n) is 9.53. The molecule has 0 bridgehead atoms. The third kappa shape index (κ3) is 3.98. The molecule has 2 N–H and O–H groups in total. The number of aromatic nitrogens is 1. The normalized spacial score (nSPS) is 10.2. The predicted octanol–water partition coefficient (Wildman–Crippen LogP) is 1.16. The van der Waals surface area contributed by atoms with Crippen molar-refractivity contribution in [1.82, 2.24) is 10.3 Å². The van der Waals surface area contributed by atoms with Gasteiger partial charge in [-0.1, -0.05) is 13.8 Å². The molecule has 6 heteroatoms. The Balaban J connectivity index is 2.43. The van der Waals surface area contributed by atoms with Crippen molar-refractivity contribution in [1.29, 1.82) is 0 Å². The van der Waals surface area contributed by atoms with E-state index >= 15 is 0 Å². The first-order valence-electron chi connectivity index (χ1n) is 5.00. The molecule has 0 spiro atoms. The van der Waals surface area contributed by atoms with Gasteiger partial charge in [0.25, 0.3) is 0 Å². The zero-order valence-corrected chi connectivity index (χ0v) is 10.4. The maximum Gasteiger partial charge on any atom is 0.315 e. The van der Waals surface area contributed by atoms with Crippen molar-refractivity contribution in [3.8, 4) is 0 Å². The largest absolute Gasteiger partial charge is 0.348 e. The van der Waals surface area contributed by atoms with Gasteiger partial charge in [0.2, 0.25) is 0 Å². The monoisotopic (exact) mass is 241 g/mol. The lowest BCUT2D eigenvalue weighted by Crippen LogP contribution is -2.37. The van der Waals surface area contributed by atoms with E-state index in [0.29, 0.717) is 17.6 Å². The van der Waals surface area contributed by atoms with Gasteiger partial charge in [-0.2, -0.15) is 0 Å². The molecule has 1 aromatic heterocycles. The average Bonchev–Trinajstić information content (AvgIpc) is 2.60. The Labute approximate surface area is 98.3 Å². The Morgan fingerprint density at radius 3 is 2.62 bits per heavy atom. The number of thiazole rings is 1. The van der Waals surface area contributed by atoms with Gasteiger partial charge in [0.15, 0.2) is 5.13 Å². The molecule has 5 nitrogen and oxygen atoms in total. The zero-order chi connectivity index (χ0) is 12.1. The average molecular weight is 241 g/mol. The molecule has 0 saturated heterocycles. The minimum atomic E-state index is -0.671. The smallest absolute Gasteiger partial charge is 0.315 e. The molecule has 1 heterocycles. The fraction of sp³-hybridized carbons (Fsp3) is 0.500. The van der Waals surface area contributed by atoms with E-state index in [0.717, 1.165) is 5.69 Å². The highest BCUT2D eigenvalue weighted by Crippen LogP contribution is 2.13. The molecule has 2 amide bonds. The summed E-state index contributed by atoms with van der Waals surface area (Å²) in [4.78, 5) is 26.7. The molecule has 0 unspecified atom stereocenters. The molecule has 1 aromatic rings. The predicted molar refractivity (Wildman–Crippen MR) is 63.3 cm³/mol. The number of aryl methyl sites for hydroxylation is 1. The highest BCUT2D eigenvalue weighted by atomic mass is 32.1. The quantitative estimate of drug-likeness (QED) is 0.780. The molecule has 16 heavy (non-hydrogen) atoms. The van der Waals surface area contributed by atoms with E-state index in [4.69, 9.17) is 0 Å². The van der Waals surface area contributed by atoms with Gasteiger partial charge >= 0.3 is 11.8 Å². The number of carbonyl (C=O) groups is 2. The van der Waals surface area contributed by atoms with E-state index in [1.165, 1.54) is 11.3 Å². The van der Waals surface area contributed by atoms with E-state index in [-0.39, 0.29) is 0 Å². The fourth-order valence-corrected chi connectivity index (χ4v) is 1.63. The molecule has 0 aliphatic heterocycles. The molecule has 0 aromatic carbocycles. The number of amides is 2. The molecular formula is C10H15N3O2S. The van der Waals surface area contributed by atoms with Gasteiger partial charge in [0.1, 0.15) is 0 Å². The Hall–Kier alpha value is -1.43.